The number of carboxylic acids is 1. The van der Waals surface area contributed by atoms with Crippen LogP contribution in [0.25, 0.3) is 11.1 Å². The predicted molar refractivity (Wildman–Crippen MR) is 109 cm³/mol. The number of hydrogen-bond donors (Lipinski definition) is 2. The molecule has 0 aliphatic rings. The zero-order chi connectivity index (χ0) is 23.6. The van der Waals surface area contributed by atoms with Gasteiger partial charge in [0.2, 0.25) is 0 Å². The smallest absolute Gasteiger partial charge is 0.507 e. The number of nitrogens with zero attached hydrogens (tertiary/aromatic N) is 1. The van der Waals surface area contributed by atoms with Crippen molar-refractivity contribution in [3.05, 3.63) is 77.1 Å². The molecule has 0 aliphatic carbocycles. The van der Waals surface area contributed by atoms with Gasteiger partial charge in [0, 0.05) is 0 Å². The molecular formula is C23H18F3NO4. The van der Waals surface area contributed by atoms with E-state index in [1.807, 2.05) is 6.07 Å². The Morgan fingerprint density at radius 1 is 1.16 bits per heavy atom. The summed E-state index contributed by atoms with van der Waals surface area (Å²) in [5.41, 5.74) is 1.68. The van der Waals surface area contributed by atoms with Crippen LogP contribution in [0.3, 0.4) is 0 Å². The highest BCUT2D eigenvalue weighted by Gasteiger charge is 2.31. The second-order valence-corrected chi connectivity index (χ2v) is 5.86. The third-order valence-electron chi connectivity index (χ3n) is 3.93. The minimum absolute atomic E-state index is 0.160. The molecule has 8 heteroatoms. The fourth-order valence-electron chi connectivity index (χ4n) is 2.58. The van der Waals surface area contributed by atoms with Crippen LogP contribution < -0.4 is 4.74 Å². The van der Waals surface area contributed by atoms with Crippen LogP contribution in [0.5, 0.6) is 5.75 Å². The van der Waals surface area contributed by atoms with Crippen LogP contribution in [-0.4, -0.2) is 22.5 Å². The summed E-state index contributed by atoms with van der Waals surface area (Å²) in [5.74, 6) is -2.01. The molecule has 0 radical (unpaired) electrons. The maximum Gasteiger partial charge on any atom is 0.573 e. The number of ether oxygens (including phenoxy) is 1. The van der Waals surface area contributed by atoms with Crippen LogP contribution >= 0.6 is 0 Å². The molecule has 0 unspecified atom stereocenters. The number of nitriles is 1. The Bertz CT molecular complexity index is 1040. The first kappa shape index (κ1) is 24.9. The highest BCUT2D eigenvalue weighted by molar-refractivity contribution is 5.90. The second kappa shape index (κ2) is 11.1. The lowest BCUT2D eigenvalue weighted by Gasteiger charge is -2.10. The van der Waals surface area contributed by atoms with Crippen LogP contribution in [0.2, 0.25) is 0 Å². The molecular weight excluding hydrogens is 411 g/mol. The number of allylic oxidation sites excluding steroid dienone is 2. The van der Waals surface area contributed by atoms with Gasteiger partial charge < -0.3 is 14.9 Å². The van der Waals surface area contributed by atoms with Crippen molar-refractivity contribution in [2.75, 3.05) is 0 Å². The molecule has 5 nitrogen and oxygen atoms in total. The van der Waals surface area contributed by atoms with E-state index in [-0.39, 0.29) is 29.1 Å². The third kappa shape index (κ3) is 7.30. The molecule has 31 heavy (non-hydrogen) atoms. The van der Waals surface area contributed by atoms with Gasteiger partial charge in [-0.05, 0) is 54.3 Å². The van der Waals surface area contributed by atoms with Crippen molar-refractivity contribution in [3.8, 4) is 35.8 Å². The Morgan fingerprint density at radius 3 is 2.26 bits per heavy atom. The van der Waals surface area contributed by atoms with Gasteiger partial charge in [-0.25, -0.2) is 4.79 Å². The molecule has 0 atom stereocenters. The minimum Gasteiger partial charge on any atom is -0.507 e. The number of aliphatic hydroxyl groups is 1. The van der Waals surface area contributed by atoms with Crippen molar-refractivity contribution in [2.24, 2.45) is 0 Å². The first-order chi connectivity index (χ1) is 14.6. The number of aliphatic hydroxyl groups excluding tert-OH is 1. The summed E-state index contributed by atoms with van der Waals surface area (Å²) in [7, 11) is 0. The first-order valence-electron chi connectivity index (χ1n) is 8.66. The molecule has 0 fully saturated rings. The number of rotatable bonds is 6. The van der Waals surface area contributed by atoms with Gasteiger partial charge >= 0.3 is 12.3 Å². The third-order valence-corrected chi connectivity index (χ3v) is 3.93. The summed E-state index contributed by atoms with van der Waals surface area (Å²) in [6.07, 6.45) is 5.96. The van der Waals surface area contributed by atoms with E-state index < -0.39 is 12.3 Å². The van der Waals surface area contributed by atoms with E-state index in [1.165, 1.54) is 31.2 Å². The summed E-state index contributed by atoms with van der Waals surface area (Å²) in [4.78, 5) is 11.2. The zero-order valence-corrected chi connectivity index (χ0v) is 16.3. The first-order valence-corrected chi connectivity index (χ1v) is 8.66. The second-order valence-electron chi connectivity index (χ2n) is 5.86. The Balaban J connectivity index is 0.00000233. The summed E-state index contributed by atoms with van der Waals surface area (Å²) >= 11 is 0. The Kier molecular flexibility index (Phi) is 8.93. The highest BCUT2D eigenvalue weighted by Crippen LogP contribution is 2.29. The number of alkyl halides is 3. The summed E-state index contributed by atoms with van der Waals surface area (Å²) < 4.78 is 40.6. The largest absolute Gasteiger partial charge is 0.573 e. The maximum absolute atomic E-state index is 12.3. The summed E-state index contributed by atoms with van der Waals surface area (Å²) in [6.45, 7) is 1.50. The van der Waals surface area contributed by atoms with Crippen LogP contribution in [0.15, 0.2) is 65.9 Å². The molecule has 0 bridgehead atoms. The van der Waals surface area contributed by atoms with Crippen LogP contribution in [0.4, 0.5) is 13.2 Å². The van der Waals surface area contributed by atoms with Crippen LogP contribution in [0, 0.1) is 24.2 Å². The average Bonchev–Trinajstić information content (AvgIpc) is 2.74. The van der Waals surface area contributed by atoms with Gasteiger partial charge in [0.05, 0.1) is 17.2 Å². The topological polar surface area (TPSA) is 90.5 Å². The molecule has 2 aromatic rings. The number of benzene rings is 2. The van der Waals surface area contributed by atoms with Crippen molar-refractivity contribution in [3.63, 3.8) is 0 Å². The molecule has 0 spiro atoms. The average molecular weight is 429 g/mol. The summed E-state index contributed by atoms with van der Waals surface area (Å²) in [5, 5.41) is 28.2. The van der Waals surface area contributed by atoms with E-state index in [0.29, 0.717) is 16.7 Å². The molecule has 0 amide bonds. The van der Waals surface area contributed by atoms with Gasteiger partial charge in [0.25, 0.3) is 0 Å². The molecule has 0 saturated heterocycles. The number of carbonyl (C=O) groups is 1. The van der Waals surface area contributed by atoms with Gasteiger partial charge in [-0.15, -0.1) is 26.0 Å². The molecule has 2 aromatic carbocycles. The van der Waals surface area contributed by atoms with E-state index in [1.54, 1.807) is 18.2 Å². The lowest BCUT2D eigenvalue weighted by molar-refractivity contribution is -0.274. The number of carboxylic acid groups (broad SMARTS) is 1. The quantitative estimate of drug-likeness (QED) is 0.278. The molecule has 160 valence electrons. The van der Waals surface area contributed by atoms with Crippen LogP contribution in [-0.2, 0) is 11.2 Å². The van der Waals surface area contributed by atoms with E-state index in [0.717, 1.165) is 12.1 Å². The monoisotopic (exact) mass is 429 g/mol. The minimum atomic E-state index is -4.79. The van der Waals surface area contributed by atoms with Crippen molar-refractivity contribution in [1.82, 2.24) is 0 Å². The maximum atomic E-state index is 12.3. The zero-order valence-electron chi connectivity index (χ0n) is 16.3. The Labute approximate surface area is 177 Å². The lowest BCUT2D eigenvalue weighted by atomic mass is 9.96. The molecule has 0 aliphatic heterocycles. The highest BCUT2D eigenvalue weighted by atomic mass is 19.4. The van der Waals surface area contributed by atoms with Crippen molar-refractivity contribution in [1.29, 1.82) is 5.26 Å². The SMILES string of the molecule is C#C.C/C=C(O)\C(=C/Cc1ccc(-c2ccc(OC(F)(F)F)cc2)c(C#N)c1)C(=O)O. The fourth-order valence-corrected chi connectivity index (χ4v) is 2.58. The number of halogens is 3. The number of aliphatic carboxylic acids is 1. The van der Waals surface area contributed by atoms with Gasteiger partial charge in [-0.2, -0.15) is 5.26 Å². The molecule has 0 saturated carbocycles. The van der Waals surface area contributed by atoms with Gasteiger partial charge in [0.1, 0.15) is 11.5 Å². The van der Waals surface area contributed by atoms with Gasteiger partial charge in [-0.1, -0.05) is 30.3 Å². The van der Waals surface area contributed by atoms with Crippen molar-refractivity contribution in [2.45, 2.75) is 19.7 Å². The number of terminal acetylenes is 1. The van der Waals surface area contributed by atoms with Crippen LogP contribution in [0.1, 0.15) is 18.1 Å². The van der Waals surface area contributed by atoms with Crippen molar-refractivity contribution >= 4 is 5.97 Å². The van der Waals surface area contributed by atoms with Gasteiger partial charge in [0.15, 0.2) is 0 Å². The van der Waals surface area contributed by atoms with E-state index in [9.17, 15) is 28.3 Å². The number of hydrogen-bond acceptors (Lipinski definition) is 4. The normalized spacial score (nSPS) is 11.6. The van der Waals surface area contributed by atoms with Crippen molar-refractivity contribution < 1.29 is 32.9 Å². The summed E-state index contributed by atoms with van der Waals surface area (Å²) in [6, 6.07) is 12.0. The standard InChI is InChI=1S/C21H16F3NO4.C2H2/c1-2-19(26)18(20(27)28)10-4-13-3-9-17(15(11-13)12-25)14-5-7-16(8-6-14)29-21(22,23)24;1-2/h2-3,5-11,26H,4H2,1H3,(H,27,28);1-2H/b18-10+,19-2+;. The molecule has 2 N–H and O–H groups in total. The molecule has 0 heterocycles. The molecule has 0 aromatic heterocycles. The van der Waals surface area contributed by atoms with E-state index in [2.05, 4.69) is 17.6 Å². The lowest BCUT2D eigenvalue weighted by Crippen LogP contribution is -2.16. The van der Waals surface area contributed by atoms with Gasteiger partial charge in [-0.3, -0.25) is 0 Å². The molecule has 2 rings (SSSR count). The Morgan fingerprint density at radius 2 is 1.77 bits per heavy atom. The Hall–Kier alpha value is -4.17. The predicted octanol–water partition coefficient (Wildman–Crippen LogP) is 5.39. The fraction of sp³-hybridized carbons (Fsp3) is 0.130. The van der Waals surface area contributed by atoms with E-state index in [4.69, 9.17) is 5.11 Å². The van der Waals surface area contributed by atoms with E-state index >= 15 is 0 Å².